The number of hydrogen-bond donors (Lipinski definition) is 1. The maximum atomic E-state index is 12.3. The third-order valence-electron chi connectivity index (χ3n) is 4.56. The molecular formula is C20H25NO2S. The van der Waals surface area contributed by atoms with Gasteiger partial charge in [-0.05, 0) is 56.2 Å². The van der Waals surface area contributed by atoms with Gasteiger partial charge in [-0.1, -0.05) is 30.5 Å². The van der Waals surface area contributed by atoms with E-state index in [9.17, 15) is 4.79 Å². The van der Waals surface area contributed by atoms with Crippen molar-refractivity contribution in [3.05, 3.63) is 50.7 Å². The summed E-state index contributed by atoms with van der Waals surface area (Å²) in [6.45, 7) is 6.74. The molecule has 24 heavy (non-hydrogen) atoms. The number of nitrogens with one attached hydrogen (secondary N) is 1. The van der Waals surface area contributed by atoms with Crippen LogP contribution in [0.3, 0.4) is 0 Å². The zero-order chi connectivity index (χ0) is 17.1. The van der Waals surface area contributed by atoms with Gasteiger partial charge in [-0.3, -0.25) is 4.79 Å². The number of thiophene rings is 1. The Balaban J connectivity index is 1.61. The Kier molecular flexibility index (Phi) is 5.24. The van der Waals surface area contributed by atoms with Crippen molar-refractivity contribution in [3.8, 4) is 5.75 Å². The maximum Gasteiger partial charge on any atom is 0.261 e. The summed E-state index contributed by atoms with van der Waals surface area (Å²) < 4.78 is 6.01. The van der Waals surface area contributed by atoms with E-state index in [0.717, 1.165) is 40.2 Å². The van der Waals surface area contributed by atoms with Gasteiger partial charge in [-0.15, -0.1) is 11.3 Å². The minimum atomic E-state index is 0.0563. The molecule has 0 bridgehead atoms. The predicted molar refractivity (Wildman–Crippen MR) is 99.0 cm³/mol. The Hall–Kier alpha value is -1.81. The van der Waals surface area contributed by atoms with Crippen molar-refractivity contribution in [2.75, 3.05) is 0 Å². The van der Waals surface area contributed by atoms with Gasteiger partial charge in [-0.25, -0.2) is 0 Å². The van der Waals surface area contributed by atoms with Crippen molar-refractivity contribution in [1.29, 1.82) is 0 Å². The molecule has 4 heteroatoms. The highest BCUT2D eigenvalue weighted by atomic mass is 32.1. The Bertz CT molecular complexity index is 706. The van der Waals surface area contributed by atoms with Crippen LogP contribution in [0.2, 0.25) is 0 Å². The fraction of sp³-hybridized carbons (Fsp3) is 0.450. The quantitative estimate of drug-likeness (QED) is 0.836. The second-order valence-electron chi connectivity index (χ2n) is 6.79. The number of ether oxygens (including phenoxy) is 1. The van der Waals surface area contributed by atoms with E-state index >= 15 is 0 Å². The van der Waals surface area contributed by atoms with Crippen LogP contribution in [0.4, 0.5) is 0 Å². The average molecular weight is 343 g/mol. The van der Waals surface area contributed by atoms with Gasteiger partial charge in [0.1, 0.15) is 12.4 Å². The number of carbonyl (C=O) groups is 1. The summed E-state index contributed by atoms with van der Waals surface area (Å²) in [4.78, 5) is 13.1. The van der Waals surface area contributed by atoms with Gasteiger partial charge >= 0.3 is 0 Å². The Morgan fingerprint density at radius 1 is 1.17 bits per heavy atom. The molecule has 1 amide bonds. The topological polar surface area (TPSA) is 38.3 Å². The van der Waals surface area contributed by atoms with E-state index in [4.69, 9.17) is 4.74 Å². The summed E-state index contributed by atoms with van der Waals surface area (Å²) >= 11 is 1.49. The molecule has 1 fully saturated rings. The first-order valence-corrected chi connectivity index (χ1v) is 9.50. The van der Waals surface area contributed by atoms with Crippen LogP contribution in [0.15, 0.2) is 23.6 Å². The maximum absolute atomic E-state index is 12.3. The van der Waals surface area contributed by atoms with E-state index in [1.165, 1.54) is 29.7 Å². The van der Waals surface area contributed by atoms with Crippen molar-refractivity contribution >= 4 is 17.2 Å². The van der Waals surface area contributed by atoms with Gasteiger partial charge < -0.3 is 10.1 Å². The van der Waals surface area contributed by atoms with Crippen LogP contribution in [0.5, 0.6) is 5.75 Å². The summed E-state index contributed by atoms with van der Waals surface area (Å²) in [5, 5.41) is 5.15. The lowest BCUT2D eigenvalue weighted by Gasteiger charge is -2.12. The van der Waals surface area contributed by atoms with Crippen molar-refractivity contribution in [3.63, 3.8) is 0 Å². The van der Waals surface area contributed by atoms with E-state index in [0.29, 0.717) is 12.6 Å². The molecule has 1 aliphatic carbocycles. The van der Waals surface area contributed by atoms with Gasteiger partial charge in [0.25, 0.3) is 5.91 Å². The van der Waals surface area contributed by atoms with Crippen molar-refractivity contribution in [2.45, 2.75) is 59.1 Å². The summed E-state index contributed by atoms with van der Waals surface area (Å²) in [6.07, 6.45) is 4.67. The van der Waals surface area contributed by atoms with Crippen molar-refractivity contribution in [1.82, 2.24) is 5.32 Å². The van der Waals surface area contributed by atoms with E-state index < -0.39 is 0 Å². The van der Waals surface area contributed by atoms with Crippen molar-refractivity contribution in [2.24, 2.45) is 0 Å². The van der Waals surface area contributed by atoms with Crippen LogP contribution in [-0.4, -0.2) is 11.9 Å². The number of benzene rings is 1. The normalized spacial score (nSPS) is 14.8. The third kappa shape index (κ3) is 3.99. The highest BCUT2D eigenvalue weighted by Crippen LogP contribution is 2.26. The standard InChI is InChI=1S/C20H25NO2S/c1-13-8-14(2)19(15(3)9-13)23-11-16-10-18(24-12-16)20(22)21-17-6-4-5-7-17/h8-10,12,17H,4-7,11H2,1-3H3,(H,21,22). The highest BCUT2D eigenvalue weighted by Gasteiger charge is 2.19. The lowest BCUT2D eigenvalue weighted by Crippen LogP contribution is -2.31. The summed E-state index contributed by atoms with van der Waals surface area (Å²) in [6, 6.07) is 6.58. The molecular weight excluding hydrogens is 318 g/mol. The molecule has 0 saturated heterocycles. The van der Waals surface area contributed by atoms with Gasteiger partial charge in [0.05, 0.1) is 4.88 Å². The van der Waals surface area contributed by atoms with Gasteiger partial charge in [0.2, 0.25) is 0 Å². The number of aryl methyl sites for hydroxylation is 3. The van der Waals surface area contributed by atoms with Crippen LogP contribution in [0, 0.1) is 20.8 Å². The molecule has 1 aliphatic rings. The molecule has 1 heterocycles. The second kappa shape index (κ2) is 7.39. The van der Waals surface area contributed by atoms with Gasteiger partial charge in [-0.2, -0.15) is 0 Å². The van der Waals surface area contributed by atoms with E-state index in [1.807, 2.05) is 11.4 Å². The zero-order valence-corrected chi connectivity index (χ0v) is 15.5. The summed E-state index contributed by atoms with van der Waals surface area (Å²) in [5.74, 6) is 1.00. The largest absolute Gasteiger partial charge is 0.488 e. The first kappa shape index (κ1) is 17.0. The Morgan fingerprint density at radius 3 is 2.50 bits per heavy atom. The lowest BCUT2D eigenvalue weighted by atomic mass is 10.1. The lowest BCUT2D eigenvalue weighted by molar-refractivity contribution is 0.0942. The van der Waals surface area contributed by atoms with Crippen LogP contribution in [0.1, 0.15) is 57.6 Å². The minimum Gasteiger partial charge on any atom is -0.488 e. The molecule has 0 unspecified atom stereocenters. The van der Waals surface area contributed by atoms with E-state index in [-0.39, 0.29) is 5.91 Å². The number of hydrogen-bond acceptors (Lipinski definition) is 3. The first-order chi connectivity index (χ1) is 11.5. The molecule has 3 rings (SSSR count). The Labute approximate surface area is 148 Å². The number of carbonyl (C=O) groups excluding carboxylic acids is 1. The average Bonchev–Trinajstić information content (AvgIpc) is 3.17. The molecule has 1 aromatic carbocycles. The molecule has 0 aliphatic heterocycles. The van der Waals surface area contributed by atoms with Crippen molar-refractivity contribution < 1.29 is 9.53 Å². The third-order valence-corrected chi connectivity index (χ3v) is 5.53. The fourth-order valence-electron chi connectivity index (χ4n) is 3.45. The SMILES string of the molecule is Cc1cc(C)c(OCc2csc(C(=O)NC3CCCC3)c2)c(C)c1. The molecule has 1 N–H and O–H groups in total. The first-order valence-electron chi connectivity index (χ1n) is 8.62. The number of amides is 1. The van der Waals surface area contributed by atoms with Crippen LogP contribution < -0.4 is 10.1 Å². The van der Waals surface area contributed by atoms with E-state index in [2.05, 4.69) is 38.2 Å². The summed E-state index contributed by atoms with van der Waals surface area (Å²) in [7, 11) is 0. The predicted octanol–water partition coefficient (Wildman–Crippen LogP) is 4.92. The molecule has 0 atom stereocenters. The molecule has 2 aromatic rings. The van der Waals surface area contributed by atoms with Gasteiger partial charge in [0.15, 0.2) is 0 Å². The number of rotatable bonds is 5. The molecule has 1 saturated carbocycles. The smallest absolute Gasteiger partial charge is 0.261 e. The molecule has 0 spiro atoms. The summed E-state index contributed by atoms with van der Waals surface area (Å²) in [5.41, 5.74) is 4.61. The van der Waals surface area contributed by atoms with Crippen LogP contribution in [-0.2, 0) is 6.61 Å². The minimum absolute atomic E-state index is 0.0563. The monoisotopic (exact) mass is 343 g/mol. The van der Waals surface area contributed by atoms with Crippen LogP contribution >= 0.6 is 11.3 Å². The molecule has 3 nitrogen and oxygen atoms in total. The molecule has 1 aromatic heterocycles. The fourth-order valence-corrected chi connectivity index (χ4v) is 4.25. The van der Waals surface area contributed by atoms with E-state index in [1.54, 1.807) is 0 Å². The van der Waals surface area contributed by atoms with Crippen LogP contribution in [0.25, 0.3) is 0 Å². The highest BCUT2D eigenvalue weighted by molar-refractivity contribution is 7.12. The van der Waals surface area contributed by atoms with Gasteiger partial charge in [0, 0.05) is 11.6 Å². The molecule has 128 valence electrons. The second-order valence-corrected chi connectivity index (χ2v) is 7.70. The Morgan fingerprint density at radius 2 is 1.83 bits per heavy atom. The molecule has 0 radical (unpaired) electrons. The zero-order valence-electron chi connectivity index (χ0n) is 14.6.